The molecule has 0 saturated heterocycles. The van der Waals surface area contributed by atoms with Crippen LogP contribution in [0.4, 0.5) is 5.69 Å². The number of carboxylic acid groups (broad SMARTS) is 1. The molecule has 0 aliphatic carbocycles. The van der Waals surface area contributed by atoms with Gasteiger partial charge in [-0.3, -0.25) is 9.89 Å². The highest BCUT2D eigenvalue weighted by Crippen LogP contribution is 2.30. The van der Waals surface area contributed by atoms with Crippen molar-refractivity contribution in [1.82, 2.24) is 10.2 Å². The number of hydrogen-bond donors (Lipinski definition) is 3. The molecule has 0 spiro atoms. The molecule has 0 saturated carbocycles. The molecule has 1 heterocycles. The van der Waals surface area contributed by atoms with Gasteiger partial charge in [-0.25, -0.2) is 4.79 Å². The Hall–Kier alpha value is -2.05. The van der Waals surface area contributed by atoms with Crippen LogP contribution in [0.25, 0.3) is 0 Å². The Balaban J connectivity index is 2.41. The Morgan fingerprint density at radius 2 is 2.00 bits per heavy atom. The molecule has 2 rings (SSSR count). The maximum absolute atomic E-state index is 12.1. The molecule has 0 aliphatic rings. The van der Waals surface area contributed by atoms with Crippen LogP contribution in [0.3, 0.4) is 0 Å². The van der Waals surface area contributed by atoms with Crippen LogP contribution in [0.5, 0.6) is 0 Å². The molecule has 1 aromatic heterocycles. The molecule has 1 amide bonds. The van der Waals surface area contributed by atoms with Gasteiger partial charge in [0.05, 0.1) is 28.0 Å². The Bertz CT molecular complexity index is 697. The van der Waals surface area contributed by atoms with E-state index in [-0.39, 0.29) is 21.3 Å². The van der Waals surface area contributed by atoms with Crippen LogP contribution in [-0.2, 0) is 0 Å². The zero-order chi connectivity index (χ0) is 14.9. The van der Waals surface area contributed by atoms with Crippen molar-refractivity contribution in [2.24, 2.45) is 0 Å². The Kier molecular flexibility index (Phi) is 3.96. The van der Waals surface area contributed by atoms with E-state index in [0.717, 1.165) is 0 Å². The van der Waals surface area contributed by atoms with Gasteiger partial charge >= 0.3 is 5.97 Å². The van der Waals surface area contributed by atoms with E-state index in [0.29, 0.717) is 11.3 Å². The number of rotatable bonds is 3. The number of benzene rings is 1. The lowest BCUT2D eigenvalue weighted by Crippen LogP contribution is -2.15. The highest BCUT2D eigenvalue weighted by Gasteiger charge is 2.19. The average Bonchev–Trinajstić information content (AvgIpc) is 2.78. The van der Waals surface area contributed by atoms with Gasteiger partial charge in [0, 0.05) is 10.7 Å². The monoisotopic (exact) mass is 313 g/mol. The Morgan fingerprint density at radius 3 is 2.55 bits per heavy atom. The molecule has 20 heavy (non-hydrogen) atoms. The molecular weight excluding hydrogens is 305 g/mol. The number of aromatic amines is 1. The molecule has 0 radical (unpaired) electrons. The van der Waals surface area contributed by atoms with Gasteiger partial charge in [0.15, 0.2) is 0 Å². The summed E-state index contributed by atoms with van der Waals surface area (Å²) in [5, 5.41) is 18.1. The minimum Gasteiger partial charge on any atom is -0.478 e. The highest BCUT2D eigenvalue weighted by atomic mass is 35.5. The molecule has 0 aliphatic heterocycles. The van der Waals surface area contributed by atoms with E-state index >= 15 is 0 Å². The maximum Gasteiger partial charge on any atom is 0.337 e. The number of halogens is 2. The van der Waals surface area contributed by atoms with Gasteiger partial charge in [0.2, 0.25) is 0 Å². The SMILES string of the molecule is Cc1[nH]ncc1C(=O)Nc1c(Cl)cc(Cl)cc1C(=O)O. The third-order valence-corrected chi connectivity index (χ3v) is 3.11. The quantitative estimate of drug-likeness (QED) is 0.811. The van der Waals surface area contributed by atoms with Crippen LogP contribution in [0, 0.1) is 6.92 Å². The molecule has 3 N–H and O–H groups in total. The zero-order valence-corrected chi connectivity index (χ0v) is 11.7. The predicted octanol–water partition coefficient (Wildman–Crippen LogP) is 2.98. The van der Waals surface area contributed by atoms with Gasteiger partial charge < -0.3 is 10.4 Å². The Morgan fingerprint density at radius 1 is 1.30 bits per heavy atom. The van der Waals surface area contributed by atoms with E-state index in [1.54, 1.807) is 6.92 Å². The molecule has 104 valence electrons. The number of hydrogen-bond acceptors (Lipinski definition) is 3. The highest BCUT2D eigenvalue weighted by molar-refractivity contribution is 6.38. The smallest absolute Gasteiger partial charge is 0.337 e. The number of carbonyl (C=O) groups is 2. The van der Waals surface area contributed by atoms with Crippen LogP contribution in [0.2, 0.25) is 10.0 Å². The summed E-state index contributed by atoms with van der Waals surface area (Å²) >= 11 is 11.7. The summed E-state index contributed by atoms with van der Waals surface area (Å²) in [6, 6.07) is 2.57. The number of aromatic carboxylic acids is 1. The fourth-order valence-electron chi connectivity index (χ4n) is 1.63. The number of carbonyl (C=O) groups excluding carboxylic acids is 1. The van der Waals surface area contributed by atoms with Crippen LogP contribution >= 0.6 is 23.2 Å². The molecule has 0 fully saturated rings. The maximum atomic E-state index is 12.1. The summed E-state index contributed by atoms with van der Waals surface area (Å²) in [6.45, 7) is 1.67. The number of aryl methyl sites for hydroxylation is 1. The number of amides is 1. The molecule has 0 unspecified atom stereocenters. The number of nitrogens with zero attached hydrogens (tertiary/aromatic N) is 1. The van der Waals surface area contributed by atoms with Crippen LogP contribution < -0.4 is 5.32 Å². The first-order valence-electron chi connectivity index (χ1n) is 5.44. The summed E-state index contributed by atoms with van der Waals surface area (Å²) < 4.78 is 0. The van der Waals surface area contributed by atoms with Crippen LogP contribution in [0.15, 0.2) is 18.3 Å². The summed E-state index contributed by atoms with van der Waals surface area (Å²) in [6.07, 6.45) is 1.34. The van der Waals surface area contributed by atoms with E-state index in [1.165, 1.54) is 18.3 Å². The summed E-state index contributed by atoms with van der Waals surface area (Å²) in [4.78, 5) is 23.2. The van der Waals surface area contributed by atoms with E-state index in [9.17, 15) is 9.59 Å². The largest absolute Gasteiger partial charge is 0.478 e. The third-order valence-electron chi connectivity index (χ3n) is 2.60. The molecular formula is C12H9Cl2N3O3. The second kappa shape index (κ2) is 5.52. The van der Waals surface area contributed by atoms with Crippen molar-refractivity contribution in [3.05, 3.63) is 45.2 Å². The Labute approximate surface area is 123 Å². The lowest BCUT2D eigenvalue weighted by Gasteiger charge is -2.10. The summed E-state index contributed by atoms with van der Waals surface area (Å²) in [5.74, 6) is -1.75. The van der Waals surface area contributed by atoms with Crippen molar-refractivity contribution in [3.63, 3.8) is 0 Å². The molecule has 6 nitrogen and oxygen atoms in total. The predicted molar refractivity (Wildman–Crippen MR) is 74.7 cm³/mol. The second-order valence-corrected chi connectivity index (χ2v) is 4.82. The van der Waals surface area contributed by atoms with Crippen LogP contribution in [0.1, 0.15) is 26.4 Å². The summed E-state index contributed by atoms with van der Waals surface area (Å²) in [5.41, 5.74) is 0.669. The van der Waals surface area contributed by atoms with Crippen LogP contribution in [-0.4, -0.2) is 27.2 Å². The average molecular weight is 314 g/mol. The molecule has 0 bridgehead atoms. The van der Waals surface area contributed by atoms with Crippen molar-refractivity contribution in [3.8, 4) is 0 Å². The fraction of sp³-hybridized carbons (Fsp3) is 0.0833. The number of aromatic nitrogens is 2. The minimum absolute atomic E-state index is 0.00540. The first-order valence-corrected chi connectivity index (χ1v) is 6.19. The van der Waals surface area contributed by atoms with E-state index in [4.69, 9.17) is 28.3 Å². The van der Waals surface area contributed by atoms with Gasteiger partial charge in [0.25, 0.3) is 5.91 Å². The topological polar surface area (TPSA) is 95.1 Å². The summed E-state index contributed by atoms with van der Waals surface area (Å²) in [7, 11) is 0. The third kappa shape index (κ3) is 2.76. The van der Waals surface area contributed by atoms with E-state index < -0.39 is 11.9 Å². The van der Waals surface area contributed by atoms with Crippen molar-refractivity contribution >= 4 is 40.8 Å². The normalized spacial score (nSPS) is 10.3. The van der Waals surface area contributed by atoms with Crippen molar-refractivity contribution in [2.45, 2.75) is 6.92 Å². The van der Waals surface area contributed by atoms with Crippen molar-refractivity contribution in [2.75, 3.05) is 5.32 Å². The van der Waals surface area contributed by atoms with Gasteiger partial charge in [-0.2, -0.15) is 5.10 Å². The van der Waals surface area contributed by atoms with Gasteiger partial charge in [-0.15, -0.1) is 0 Å². The lowest BCUT2D eigenvalue weighted by atomic mass is 10.1. The van der Waals surface area contributed by atoms with E-state index in [2.05, 4.69) is 15.5 Å². The molecule has 0 atom stereocenters. The van der Waals surface area contributed by atoms with Gasteiger partial charge in [-0.05, 0) is 19.1 Å². The first-order chi connectivity index (χ1) is 9.40. The standard InChI is InChI=1S/C12H9Cl2N3O3/c1-5-8(4-15-17-5)11(18)16-10-7(12(19)20)2-6(13)3-9(10)14/h2-4H,1H3,(H,15,17)(H,16,18)(H,19,20). The van der Waals surface area contributed by atoms with Crippen molar-refractivity contribution < 1.29 is 14.7 Å². The molecule has 1 aromatic carbocycles. The zero-order valence-electron chi connectivity index (χ0n) is 10.2. The van der Waals surface area contributed by atoms with Crippen molar-refractivity contribution in [1.29, 1.82) is 0 Å². The number of anilines is 1. The molecule has 8 heteroatoms. The lowest BCUT2D eigenvalue weighted by molar-refractivity contribution is 0.0698. The minimum atomic E-state index is -1.24. The number of nitrogens with one attached hydrogen (secondary N) is 2. The number of H-pyrrole nitrogens is 1. The van der Waals surface area contributed by atoms with E-state index in [1.807, 2.05) is 0 Å². The first kappa shape index (κ1) is 14.4. The number of carboxylic acids is 1. The van der Waals surface area contributed by atoms with Gasteiger partial charge in [0.1, 0.15) is 0 Å². The van der Waals surface area contributed by atoms with Gasteiger partial charge in [-0.1, -0.05) is 23.2 Å². The molecule has 2 aromatic rings. The fourth-order valence-corrected chi connectivity index (χ4v) is 2.17. The second-order valence-electron chi connectivity index (χ2n) is 3.98.